The van der Waals surface area contributed by atoms with Gasteiger partial charge in [-0.15, -0.1) is 0 Å². The Morgan fingerprint density at radius 1 is 0.800 bits per heavy atom. The van der Waals surface area contributed by atoms with Crippen LogP contribution in [0.5, 0.6) is 0 Å². The summed E-state index contributed by atoms with van der Waals surface area (Å²) in [7, 11) is 1.90. The van der Waals surface area contributed by atoms with Crippen molar-refractivity contribution in [3.05, 3.63) is 96.6 Å². The van der Waals surface area contributed by atoms with Gasteiger partial charge in [-0.3, -0.25) is 0 Å². The van der Waals surface area contributed by atoms with Crippen LogP contribution in [0, 0.1) is 0 Å². The molecular formula is C22H18N2O. The molecule has 0 saturated heterocycles. The molecule has 0 unspecified atom stereocenters. The molecule has 3 rings (SSSR count). The zero-order chi connectivity index (χ0) is 17.5. The SMILES string of the molecule is CN(C(=Nc1ccccc1)C(=C=O)c1ccccc1)c1ccccc1. The van der Waals surface area contributed by atoms with Crippen molar-refractivity contribution in [1.82, 2.24) is 0 Å². The Hall–Kier alpha value is -3.42. The summed E-state index contributed by atoms with van der Waals surface area (Å²) in [5.41, 5.74) is 2.94. The highest BCUT2D eigenvalue weighted by Gasteiger charge is 2.17. The molecule has 3 heteroatoms. The van der Waals surface area contributed by atoms with Gasteiger partial charge in [0, 0.05) is 12.7 Å². The highest BCUT2D eigenvalue weighted by molar-refractivity contribution is 6.35. The van der Waals surface area contributed by atoms with Gasteiger partial charge >= 0.3 is 0 Å². The molecule has 0 amide bonds. The van der Waals surface area contributed by atoms with Gasteiger partial charge < -0.3 is 4.90 Å². The van der Waals surface area contributed by atoms with E-state index in [1.165, 1.54) is 0 Å². The van der Waals surface area contributed by atoms with Crippen molar-refractivity contribution in [1.29, 1.82) is 0 Å². The molecule has 0 spiro atoms. The Labute approximate surface area is 147 Å². The molecule has 0 aliphatic carbocycles. The van der Waals surface area contributed by atoms with Crippen LogP contribution in [0.15, 0.2) is 96.0 Å². The molecule has 0 bridgehead atoms. The minimum atomic E-state index is 0.427. The van der Waals surface area contributed by atoms with Crippen molar-refractivity contribution in [3.63, 3.8) is 0 Å². The van der Waals surface area contributed by atoms with Crippen molar-refractivity contribution < 1.29 is 4.79 Å². The largest absolute Gasteiger partial charge is 0.328 e. The maximum Gasteiger partial charge on any atom is 0.152 e. The molecule has 122 valence electrons. The molecule has 0 heterocycles. The minimum Gasteiger partial charge on any atom is -0.328 e. The van der Waals surface area contributed by atoms with E-state index in [1.807, 2.05) is 103 Å². The Morgan fingerprint density at radius 3 is 1.88 bits per heavy atom. The van der Waals surface area contributed by atoms with Crippen LogP contribution < -0.4 is 4.90 Å². The lowest BCUT2D eigenvalue weighted by Gasteiger charge is -2.22. The van der Waals surface area contributed by atoms with Gasteiger partial charge in [-0.25, -0.2) is 9.79 Å². The van der Waals surface area contributed by atoms with Gasteiger partial charge in [0.15, 0.2) is 5.84 Å². The van der Waals surface area contributed by atoms with Crippen LogP contribution in [0.25, 0.3) is 5.57 Å². The third kappa shape index (κ3) is 3.92. The zero-order valence-electron chi connectivity index (χ0n) is 14.0. The first kappa shape index (κ1) is 16.4. The Morgan fingerprint density at radius 2 is 1.32 bits per heavy atom. The number of hydrogen-bond acceptors (Lipinski definition) is 2. The summed E-state index contributed by atoms with van der Waals surface area (Å²) >= 11 is 0. The molecule has 0 saturated carbocycles. The minimum absolute atomic E-state index is 0.427. The van der Waals surface area contributed by atoms with Gasteiger partial charge in [0.05, 0.1) is 5.69 Å². The quantitative estimate of drug-likeness (QED) is 0.393. The first-order valence-corrected chi connectivity index (χ1v) is 8.03. The average Bonchev–Trinajstić information content (AvgIpc) is 2.69. The van der Waals surface area contributed by atoms with Crippen LogP contribution in [0.1, 0.15) is 5.56 Å². The van der Waals surface area contributed by atoms with E-state index in [9.17, 15) is 4.79 Å². The van der Waals surface area contributed by atoms with Crippen molar-refractivity contribution in [2.24, 2.45) is 4.99 Å². The molecule has 0 N–H and O–H groups in total. The van der Waals surface area contributed by atoms with E-state index in [-0.39, 0.29) is 0 Å². The number of likely N-dealkylation sites (N-methyl/N-ethyl adjacent to an activating group) is 1. The number of amidine groups is 1. The second kappa shape index (κ2) is 7.91. The topological polar surface area (TPSA) is 32.7 Å². The van der Waals surface area contributed by atoms with E-state index in [0.717, 1.165) is 16.9 Å². The van der Waals surface area contributed by atoms with Gasteiger partial charge in [0.2, 0.25) is 0 Å². The first-order chi connectivity index (χ1) is 12.3. The molecule has 0 atom stereocenters. The summed E-state index contributed by atoms with van der Waals surface area (Å²) < 4.78 is 0. The van der Waals surface area contributed by atoms with Crippen LogP contribution in [0.2, 0.25) is 0 Å². The highest BCUT2D eigenvalue weighted by atomic mass is 16.1. The highest BCUT2D eigenvalue weighted by Crippen LogP contribution is 2.23. The Balaban J connectivity index is 2.12. The predicted molar refractivity (Wildman–Crippen MR) is 104 cm³/mol. The molecule has 0 radical (unpaired) electrons. The van der Waals surface area contributed by atoms with E-state index < -0.39 is 0 Å². The van der Waals surface area contributed by atoms with Crippen molar-refractivity contribution >= 4 is 28.7 Å². The maximum absolute atomic E-state index is 11.8. The van der Waals surface area contributed by atoms with E-state index in [0.29, 0.717) is 11.4 Å². The third-order valence-corrected chi connectivity index (χ3v) is 3.84. The number of para-hydroxylation sites is 2. The molecular weight excluding hydrogens is 308 g/mol. The van der Waals surface area contributed by atoms with E-state index in [4.69, 9.17) is 4.99 Å². The Kier molecular flexibility index (Phi) is 5.20. The van der Waals surface area contributed by atoms with Crippen LogP contribution in [-0.4, -0.2) is 18.8 Å². The molecule has 0 aromatic heterocycles. The lowest BCUT2D eigenvalue weighted by molar-refractivity contribution is 0.570. The lowest BCUT2D eigenvalue weighted by Crippen LogP contribution is -2.27. The summed E-state index contributed by atoms with van der Waals surface area (Å²) in [6, 6.07) is 28.9. The second-order valence-corrected chi connectivity index (χ2v) is 5.51. The smallest absolute Gasteiger partial charge is 0.152 e. The van der Waals surface area contributed by atoms with Crippen LogP contribution in [0.4, 0.5) is 11.4 Å². The van der Waals surface area contributed by atoms with Crippen molar-refractivity contribution in [3.8, 4) is 0 Å². The standard InChI is InChI=1S/C22H18N2O/c1-24(20-15-9-4-10-16-20)22(23-19-13-7-3-8-14-19)21(17-25)18-11-5-2-6-12-18/h2-16H,1H3. The average molecular weight is 326 g/mol. The molecule has 3 aromatic rings. The van der Waals surface area contributed by atoms with E-state index in [1.54, 1.807) is 0 Å². The molecule has 3 aromatic carbocycles. The predicted octanol–water partition coefficient (Wildman–Crippen LogP) is 4.77. The summed E-state index contributed by atoms with van der Waals surface area (Å²) in [5.74, 6) is 2.64. The van der Waals surface area contributed by atoms with Gasteiger partial charge in [-0.1, -0.05) is 66.7 Å². The van der Waals surface area contributed by atoms with Crippen molar-refractivity contribution in [2.75, 3.05) is 11.9 Å². The number of hydrogen-bond donors (Lipinski definition) is 0. The number of nitrogens with zero attached hydrogens (tertiary/aromatic N) is 2. The van der Waals surface area contributed by atoms with Gasteiger partial charge in [0.25, 0.3) is 0 Å². The van der Waals surface area contributed by atoms with Crippen molar-refractivity contribution in [2.45, 2.75) is 0 Å². The summed E-state index contributed by atoms with van der Waals surface area (Å²) in [6.07, 6.45) is 0. The normalized spacial score (nSPS) is 10.8. The number of carbonyl (C=O) groups excluding carboxylic acids is 1. The monoisotopic (exact) mass is 326 g/mol. The Bertz CT molecular complexity index is 897. The molecule has 3 nitrogen and oxygen atoms in total. The molecule has 0 fully saturated rings. The van der Waals surface area contributed by atoms with E-state index >= 15 is 0 Å². The first-order valence-electron chi connectivity index (χ1n) is 8.03. The van der Waals surface area contributed by atoms with E-state index in [2.05, 4.69) is 5.94 Å². The number of aliphatic imine (C=N–C) groups is 1. The summed E-state index contributed by atoms with van der Waals surface area (Å²) in [4.78, 5) is 18.4. The fraction of sp³-hybridized carbons (Fsp3) is 0.0455. The van der Waals surface area contributed by atoms with Crippen LogP contribution >= 0.6 is 0 Å². The summed E-state index contributed by atoms with van der Waals surface area (Å²) in [6.45, 7) is 0. The zero-order valence-corrected chi connectivity index (χ0v) is 14.0. The molecule has 25 heavy (non-hydrogen) atoms. The van der Waals surface area contributed by atoms with Crippen LogP contribution in [0.3, 0.4) is 0 Å². The van der Waals surface area contributed by atoms with Crippen LogP contribution in [-0.2, 0) is 4.79 Å². The van der Waals surface area contributed by atoms with Gasteiger partial charge in [0.1, 0.15) is 11.5 Å². The van der Waals surface area contributed by atoms with Gasteiger partial charge in [-0.2, -0.15) is 0 Å². The second-order valence-electron chi connectivity index (χ2n) is 5.51. The fourth-order valence-corrected chi connectivity index (χ4v) is 2.54. The summed E-state index contributed by atoms with van der Waals surface area (Å²) in [5, 5.41) is 0. The number of anilines is 1. The lowest BCUT2D eigenvalue weighted by atomic mass is 10.1. The maximum atomic E-state index is 11.8. The molecule has 0 aliphatic rings. The van der Waals surface area contributed by atoms with Gasteiger partial charge in [-0.05, 0) is 29.8 Å². The molecule has 0 aliphatic heterocycles. The third-order valence-electron chi connectivity index (χ3n) is 3.84. The number of rotatable bonds is 4. The fourth-order valence-electron chi connectivity index (χ4n) is 2.54. The number of benzene rings is 3.